The molecule has 1 saturated carbocycles. The standard InChI is InChI=1S/C29H32N2O3/c1-21(32)19-29(26-6-4-3-5-7-26)15-17-30(20-34-29)22(2)23-8-10-24(11-9-23)25-14-16-31(27-12-13-27)28(33)18-25/h3-11,14-18,21-22,27,32H,12-13,19-20H2,1-2H3/t21?,22-,29+/m0/s1. The lowest BCUT2D eigenvalue weighted by Gasteiger charge is -2.41. The Bertz CT molecular complexity index is 1210. The second-order valence-electron chi connectivity index (χ2n) is 9.60. The molecule has 1 aliphatic carbocycles. The zero-order valence-corrected chi connectivity index (χ0v) is 19.8. The summed E-state index contributed by atoms with van der Waals surface area (Å²) in [5, 5.41) is 10.1. The SMILES string of the molecule is CC(O)C[C@@]1(c2ccccc2)C=CN([C@@H](C)c2ccc(-c3ccn(C4CC4)c(=O)c3)cc2)CO1. The Morgan fingerprint density at radius 2 is 1.76 bits per heavy atom. The molecule has 1 N–H and O–H groups in total. The first-order valence-electron chi connectivity index (χ1n) is 12.1. The fourth-order valence-corrected chi connectivity index (χ4v) is 4.79. The maximum absolute atomic E-state index is 12.4. The maximum atomic E-state index is 12.4. The van der Waals surface area contributed by atoms with Crippen LogP contribution in [-0.2, 0) is 10.3 Å². The molecule has 0 radical (unpaired) electrons. The highest BCUT2D eigenvalue weighted by atomic mass is 16.5. The smallest absolute Gasteiger partial charge is 0.251 e. The van der Waals surface area contributed by atoms with Gasteiger partial charge < -0.3 is 19.3 Å². The minimum absolute atomic E-state index is 0.0761. The molecule has 3 aromatic rings. The summed E-state index contributed by atoms with van der Waals surface area (Å²) in [5.41, 5.74) is 3.66. The van der Waals surface area contributed by atoms with Gasteiger partial charge in [0.1, 0.15) is 12.3 Å². The second-order valence-corrected chi connectivity index (χ2v) is 9.60. The number of benzene rings is 2. The molecule has 0 spiro atoms. The van der Waals surface area contributed by atoms with Gasteiger partial charge in [-0.15, -0.1) is 0 Å². The summed E-state index contributed by atoms with van der Waals surface area (Å²) in [6, 6.07) is 22.8. The highest BCUT2D eigenvalue weighted by Crippen LogP contribution is 2.37. The first-order chi connectivity index (χ1) is 16.4. The van der Waals surface area contributed by atoms with Crippen LogP contribution in [0.2, 0.25) is 0 Å². The monoisotopic (exact) mass is 456 g/mol. The van der Waals surface area contributed by atoms with Crippen molar-refractivity contribution in [2.45, 2.75) is 56.9 Å². The fourth-order valence-electron chi connectivity index (χ4n) is 4.79. The van der Waals surface area contributed by atoms with E-state index in [1.807, 2.05) is 47.2 Å². The third-order valence-electron chi connectivity index (χ3n) is 6.98. The Morgan fingerprint density at radius 1 is 1.03 bits per heavy atom. The van der Waals surface area contributed by atoms with Crippen molar-refractivity contribution in [3.63, 3.8) is 0 Å². The number of ether oxygens (including phenoxy) is 1. The molecule has 2 aliphatic rings. The molecule has 3 atom stereocenters. The second kappa shape index (κ2) is 9.24. The van der Waals surface area contributed by atoms with Crippen molar-refractivity contribution < 1.29 is 9.84 Å². The third-order valence-corrected chi connectivity index (χ3v) is 6.98. The van der Waals surface area contributed by atoms with Gasteiger partial charge in [-0.3, -0.25) is 4.79 Å². The lowest BCUT2D eigenvalue weighted by atomic mass is 9.87. The predicted molar refractivity (Wildman–Crippen MR) is 134 cm³/mol. The van der Waals surface area contributed by atoms with Crippen molar-refractivity contribution in [1.29, 1.82) is 0 Å². The number of rotatable bonds is 7. The summed E-state index contributed by atoms with van der Waals surface area (Å²) in [5.74, 6) is 0. The Balaban J connectivity index is 1.32. The lowest BCUT2D eigenvalue weighted by Crippen LogP contribution is -2.40. The van der Waals surface area contributed by atoms with E-state index in [1.54, 1.807) is 13.0 Å². The van der Waals surface area contributed by atoms with Crippen molar-refractivity contribution in [3.8, 4) is 11.1 Å². The van der Waals surface area contributed by atoms with Crippen LogP contribution in [0.15, 0.2) is 90.0 Å². The molecule has 176 valence electrons. The topological polar surface area (TPSA) is 54.7 Å². The van der Waals surface area contributed by atoms with E-state index in [0.717, 1.165) is 29.5 Å². The van der Waals surface area contributed by atoms with E-state index < -0.39 is 11.7 Å². The minimum Gasteiger partial charge on any atom is -0.393 e. The van der Waals surface area contributed by atoms with Crippen molar-refractivity contribution >= 4 is 0 Å². The summed E-state index contributed by atoms with van der Waals surface area (Å²) in [7, 11) is 0. The molecule has 34 heavy (non-hydrogen) atoms. The van der Waals surface area contributed by atoms with E-state index in [9.17, 15) is 9.90 Å². The van der Waals surface area contributed by atoms with Crippen LogP contribution in [0.4, 0.5) is 0 Å². The van der Waals surface area contributed by atoms with Gasteiger partial charge in [-0.05, 0) is 61.1 Å². The van der Waals surface area contributed by atoms with Gasteiger partial charge in [-0.2, -0.15) is 0 Å². The molecular weight excluding hydrogens is 424 g/mol. The van der Waals surface area contributed by atoms with Crippen LogP contribution in [0.3, 0.4) is 0 Å². The average Bonchev–Trinajstić information content (AvgIpc) is 3.70. The van der Waals surface area contributed by atoms with Gasteiger partial charge in [-0.25, -0.2) is 0 Å². The zero-order valence-electron chi connectivity index (χ0n) is 19.8. The first-order valence-corrected chi connectivity index (χ1v) is 12.1. The number of aliphatic hydroxyl groups is 1. The van der Waals surface area contributed by atoms with Gasteiger partial charge in [0, 0.05) is 30.9 Å². The largest absolute Gasteiger partial charge is 0.393 e. The molecule has 1 aromatic heterocycles. The van der Waals surface area contributed by atoms with E-state index >= 15 is 0 Å². The average molecular weight is 457 g/mol. The third kappa shape index (κ3) is 4.59. The highest BCUT2D eigenvalue weighted by molar-refractivity contribution is 5.63. The number of aromatic nitrogens is 1. The van der Waals surface area contributed by atoms with E-state index in [4.69, 9.17) is 4.74 Å². The summed E-state index contributed by atoms with van der Waals surface area (Å²) in [6.45, 7) is 4.39. The number of hydrogen-bond acceptors (Lipinski definition) is 4. The Morgan fingerprint density at radius 3 is 2.35 bits per heavy atom. The number of hydrogen-bond donors (Lipinski definition) is 1. The summed E-state index contributed by atoms with van der Waals surface area (Å²) in [4.78, 5) is 14.6. The van der Waals surface area contributed by atoms with Crippen LogP contribution in [-0.4, -0.2) is 27.4 Å². The van der Waals surface area contributed by atoms with Crippen LogP contribution in [0.1, 0.15) is 56.3 Å². The highest BCUT2D eigenvalue weighted by Gasteiger charge is 2.36. The van der Waals surface area contributed by atoms with Crippen molar-refractivity contribution in [1.82, 2.24) is 9.47 Å². The number of nitrogens with zero attached hydrogens (tertiary/aromatic N) is 2. The van der Waals surface area contributed by atoms with Gasteiger partial charge in [0.25, 0.3) is 5.56 Å². The normalized spacial score (nSPS) is 21.9. The quantitative estimate of drug-likeness (QED) is 0.519. The molecule has 0 saturated heterocycles. The van der Waals surface area contributed by atoms with Gasteiger partial charge >= 0.3 is 0 Å². The molecule has 2 heterocycles. The molecule has 5 rings (SSSR count). The molecule has 1 unspecified atom stereocenters. The van der Waals surface area contributed by atoms with E-state index in [0.29, 0.717) is 19.2 Å². The molecule has 0 amide bonds. The number of pyridine rings is 1. The Kier molecular flexibility index (Phi) is 6.15. The zero-order chi connectivity index (χ0) is 23.7. The molecule has 2 aromatic carbocycles. The lowest BCUT2D eigenvalue weighted by molar-refractivity contribution is -0.1000. The maximum Gasteiger partial charge on any atom is 0.251 e. The van der Waals surface area contributed by atoms with Crippen LogP contribution < -0.4 is 5.56 Å². The molecule has 0 bridgehead atoms. The van der Waals surface area contributed by atoms with Crippen LogP contribution in [0.5, 0.6) is 0 Å². The molecule has 5 heteroatoms. The predicted octanol–water partition coefficient (Wildman–Crippen LogP) is 5.38. The van der Waals surface area contributed by atoms with E-state index in [1.165, 1.54) is 5.56 Å². The summed E-state index contributed by atoms with van der Waals surface area (Å²) >= 11 is 0. The summed E-state index contributed by atoms with van der Waals surface area (Å²) < 4.78 is 8.24. The van der Waals surface area contributed by atoms with Crippen LogP contribution in [0, 0.1) is 0 Å². The van der Waals surface area contributed by atoms with Crippen molar-refractivity contribution in [2.24, 2.45) is 0 Å². The molecule has 1 fully saturated rings. The van der Waals surface area contributed by atoms with Gasteiger partial charge in [0.05, 0.1) is 12.1 Å². The Labute approximate surface area is 200 Å². The van der Waals surface area contributed by atoms with E-state index in [2.05, 4.69) is 48.4 Å². The van der Waals surface area contributed by atoms with Crippen molar-refractivity contribution in [3.05, 3.63) is 107 Å². The minimum atomic E-state index is -0.629. The van der Waals surface area contributed by atoms with Gasteiger partial charge in [-0.1, -0.05) is 54.6 Å². The van der Waals surface area contributed by atoms with Crippen LogP contribution >= 0.6 is 0 Å². The molecular formula is C29H32N2O3. The first kappa shape index (κ1) is 22.6. The van der Waals surface area contributed by atoms with Gasteiger partial charge in [0.15, 0.2) is 0 Å². The molecule has 1 aliphatic heterocycles. The van der Waals surface area contributed by atoms with Crippen LogP contribution in [0.25, 0.3) is 11.1 Å². The Hall–Kier alpha value is -3.15. The molecule has 5 nitrogen and oxygen atoms in total. The van der Waals surface area contributed by atoms with Gasteiger partial charge in [0.2, 0.25) is 0 Å². The van der Waals surface area contributed by atoms with Crippen molar-refractivity contribution in [2.75, 3.05) is 6.73 Å². The summed E-state index contributed by atoms with van der Waals surface area (Å²) in [6.07, 6.45) is 8.32. The number of aliphatic hydroxyl groups excluding tert-OH is 1. The fraction of sp³-hybridized carbons (Fsp3) is 0.345. The van der Waals surface area contributed by atoms with E-state index in [-0.39, 0.29) is 11.6 Å².